The molecule has 0 saturated carbocycles. The van der Waals surface area contributed by atoms with E-state index in [-0.39, 0.29) is 0 Å². The second-order valence-corrected chi connectivity index (χ2v) is 3.49. The van der Waals surface area contributed by atoms with E-state index in [4.69, 9.17) is 0 Å². The molecule has 90 valence electrons. The van der Waals surface area contributed by atoms with Gasteiger partial charge in [-0.3, -0.25) is 9.67 Å². The summed E-state index contributed by atoms with van der Waals surface area (Å²) in [7, 11) is 1.95. The van der Waals surface area contributed by atoms with Crippen LogP contribution in [0.5, 0.6) is 0 Å². The number of nitrogens with one attached hydrogen (secondary N) is 2. The van der Waals surface area contributed by atoms with Gasteiger partial charge in [-0.2, -0.15) is 5.10 Å². The first-order valence-electron chi connectivity index (χ1n) is 5.77. The number of aromatic nitrogens is 2. The molecule has 1 heterocycles. The van der Waals surface area contributed by atoms with Gasteiger partial charge in [0.1, 0.15) is 0 Å². The van der Waals surface area contributed by atoms with Gasteiger partial charge in [0, 0.05) is 45.0 Å². The van der Waals surface area contributed by atoms with E-state index in [1.165, 1.54) is 5.69 Å². The third-order valence-corrected chi connectivity index (χ3v) is 2.25. The van der Waals surface area contributed by atoms with Gasteiger partial charge >= 0.3 is 0 Å². The molecular weight excluding hydrogens is 202 g/mol. The molecule has 0 aliphatic rings. The Labute approximate surface area is 97.0 Å². The lowest BCUT2D eigenvalue weighted by Gasteiger charge is -2.08. The highest BCUT2D eigenvalue weighted by molar-refractivity contribution is 5.79. The maximum Gasteiger partial charge on any atom is 0.191 e. The van der Waals surface area contributed by atoms with Crippen molar-refractivity contribution < 1.29 is 0 Å². The Morgan fingerprint density at radius 2 is 2.06 bits per heavy atom. The summed E-state index contributed by atoms with van der Waals surface area (Å²) in [5.41, 5.74) is 1.20. The van der Waals surface area contributed by atoms with Crippen molar-refractivity contribution in [2.75, 3.05) is 19.6 Å². The zero-order valence-electron chi connectivity index (χ0n) is 10.3. The third-order valence-electron chi connectivity index (χ3n) is 2.25. The zero-order chi connectivity index (χ0) is 11.8. The van der Waals surface area contributed by atoms with Gasteiger partial charge in [0.25, 0.3) is 0 Å². The van der Waals surface area contributed by atoms with Crippen molar-refractivity contribution in [3.8, 4) is 0 Å². The quantitative estimate of drug-likeness (QED) is 0.566. The predicted molar refractivity (Wildman–Crippen MR) is 66.6 cm³/mol. The van der Waals surface area contributed by atoms with Crippen LogP contribution in [-0.2, 0) is 13.5 Å². The van der Waals surface area contributed by atoms with Crippen LogP contribution in [0.2, 0.25) is 0 Å². The molecule has 16 heavy (non-hydrogen) atoms. The van der Waals surface area contributed by atoms with Crippen molar-refractivity contribution >= 4 is 5.96 Å². The summed E-state index contributed by atoms with van der Waals surface area (Å²) >= 11 is 0. The van der Waals surface area contributed by atoms with Crippen molar-refractivity contribution in [2.45, 2.75) is 20.3 Å². The molecule has 0 spiro atoms. The van der Waals surface area contributed by atoms with Gasteiger partial charge in [-0.1, -0.05) is 0 Å². The number of guanidine groups is 1. The minimum atomic E-state index is 0.773. The topological polar surface area (TPSA) is 54.2 Å². The molecule has 0 fully saturated rings. The van der Waals surface area contributed by atoms with E-state index in [9.17, 15) is 0 Å². The molecule has 1 aromatic rings. The van der Waals surface area contributed by atoms with E-state index in [2.05, 4.69) is 34.6 Å². The number of nitrogens with zero attached hydrogens (tertiary/aromatic N) is 3. The van der Waals surface area contributed by atoms with Crippen molar-refractivity contribution in [2.24, 2.45) is 12.0 Å². The first kappa shape index (κ1) is 12.5. The molecule has 0 aromatic carbocycles. The van der Waals surface area contributed by atoms with Crippen molar-refractivity contribution in [1.29, 1.82) is 0 Å². The van der Waals surface area contributed by atoms with Crippen LogP contribution in [0.15, 0.2) is 17.3 Å². The van der Waals surface area contributed by atoms with Crippen molar-refractivity contribution in [1.82, 2.24) is 20.4 Å². The second-order valence-electron chi connectivity index (χ2n) is 3.49. The predicted octanol–water partition coefficient (Wildman–Crippen LogP) is 0.538. The summed E-state index contributed by atoms with van der Waals surface area (Å²) in [6.07, 6.45) is 2.73. The number of rotatable bonds is 5. The first-order valence-corrected chi connectivity index (χ1v) is 5.77. The lowest BCUT2D eigenvalue weighted by Crippen LogP contribution is -2.37. The van der Waals surface area contributed by atoms with E-state index < -0.39 is 0 Å². The smallest absolute Gasteiger partial charge is 0.191 e. The molecule has 5 nitrogen and oxygen atoms in total. The monoisotopic (exact) mass is 223 g/mol. The summed E-state index contributed by atoms with van der Waals surface area (Å²) in [6.45, 7) is 6.67. The standard InChI is InChI=1S/C11H21N5/c1-4-12-11(13-5-2)14-8-6-10-7-9-15-16(10)3/h7,9H,4-6,8H2,1-3H3,(H2,12,13,14). The minimum absolute atomic E-state index is 0.773. The highest BCUT2D eigenvalue weighted by atomic mass is 15.3. The van der Waals surface area contributed by atoms with Gasteiger partial charge in [-0.25, -0.2) is 0 Å². The van der Waals surface area contributed by atoms with Crippen LogP contribution in [0.25, 0.3) is 0 Å². The Kier molecular flexibility index (Phi) is 5.39. The molecule has 0 atom stereocenters. The van der Waals surface area contributed by atoms with Crippen LogP contribution in [0.4, 0.5) is 0 Å². The van der Waals surface area contributed by atoms with Gasteiger partial charge in [0.15, 0.2) is 5.96 Å². The molecule has 0 radical (unpaired) electrons. The SMILES string of the molecule is CCNC(=NCCc1ccnn1C)NCC. The van der Waals surface area contributed by atoms with Crippen molar-refractivity contribution in [3.05, 3.63) is 18.0 Å². The number of hydrogen-bond acceptors (Lipinski definition) is 2. The number of hydrogen-bond donors (Lipinski definition) is 2. The van der Waals surface area contributed by atoms with E-state index in [1.54, 1.807) is 0 Å². The summed E-state index contributed by atoms with van der Waals surface area (Å²) < 4.78 is 1.88. The maximum absolute atomic E-state index is 4.47. The van der Waals surface area contributed by atoms with E-state index in [0.717, 1.165) is 32.0 Å². The fraction of sp³-hybridized carbons (Fsp3) is 0.636. The highest BCUT2D eigenvalue weighted by Gasteiger charge is 1.98. The molecule has 1 rings (SSSR count). The van der Waals surface area contributed by atoms with Crippen LogP contribution in [0.3, 0.4) is 0 Å². The summed E-state index contributed by atoms with van der Waals surface area (Å²) in [5, 5.41) is 10.5. The molecule has 0 bridgehead atoms. The minimum Gasteiger partial charge on any atom is -0.357 e. The van der Waals surface area contributed by atoms with Crippen LogP contribution < -0.4 is 10.6 Å². The largest absolute Gasteiger partial charge is 0.357 e. The molecule has 0 amide bonds. The Morgan fingerprint density at radius 3 is 2.56 bits per heavy atom. The molecule has 0 aliphatic heterocycles. The van der Waals surface area contributed by atoms with Gasteiger partial charge in [-0.15, -0.1) is 0 Å². The highest BCUT2D eigenvalue weighted by Crippen LogP contribution is 1.97. The number of aliphatic imine (C=N–C) groups is 1. The maximum atomic E-state index is 4.47. The van der Waals surface area contributed by atoms with Gasteiger partial charge in [0.2, 0.25) is 0 Å². The average molecular weight is 223 g/mol. The molecule has 2 N–H and O–H groups in total. The normalized spacial score (nSPS) is 9.94. The van der Waals surface area contributed by atoms with Gasteiger partial charge in [-0.05, 0) is 19.9 Å². The van der Waals surface area contributed by atoms with Crippen LogP contribution in [0, 0.1) is 0 Å². The number of aryl methyl sites for hydroxylation is 1. The van der Waals surface area contributed by atoms with Gasteiger partial charge in [0.05, 0.1) is 0 Å². The molecule has 1 aromatic heterocycles. The lowest BCUT2D eigenvalue weighted by atomic mass is 10.3. The Morgan fingerprint density at radius 1 is 1.38 bits per heavy atom. The lowest BCUT2D eigenvalue weighted by molar-refractivity contribution is 0.704. The van der Waals surface area contributed by atoms with E-state index >= 15 is 0 Å². The Balaban J connectivity index is 2.41. The van der Waals surface area contributed by atoms with E-state index in [0.29, 0.717) is 0 Å². The summed E-state index contributed by atoms with van der Waals surface area (Å²) in [4.78, 5) is 4.47. The zero-order valence-corrected chi connectivity index (χ0v) is 10.3. The fourth-order valence-corrected chi connectivity index (χ4v) is 1.44. The molecule has 0 unspecified atom stereocenters. The Bertz CT molecular complexity index is 321. The molecule has 5 heteroatoms. The summed E-state index contributed by atoms with van der Waals surface area (Å²) in [6, 6.07) is 2.02. The first-order chi connectivity index (χ1) is 7.77. The van der Waals surface area contributed by atoms with Crippen LogP contribution in [0.1, 0.15) is 19.5 Å². The summed E-state index contributed by atoms with van der Waals surface area (Å²) in [5.74, 6) is 0.882. The van der Waals surface area contributed by atoms with Gasteiger partial charge < -0.3 is 10.6 Å². The molecular formula is C11H21N5. The van der Waals surface area contributed by atoms with E-state index in [1.807, 2.05) is 24.0 Å². The molecule has 0 aliphatic carbocycles. The van der Waals surface area contributed by atoms with Crippen molar-refractivity contribution in [3.63, 3.8) is 0 Å². The van der Waals surface area contributed by atoms with Crippen LogP contribution >= 0.6 is 0 Å². The second kappa shape index (κ2) is 6.87. The fourth-order valence-electron chi connectivity index (χ4n) is 1.44. The third kappa shape index (κ3) is 3.92. The molecule has 0 saturated heterocycles. The average Bonchev–Trinajstić information content (AvgIpc) is 2.65. The van der Waals surface area contributed by atoms with Crippen LogP contribution in [-0.4, -0.2) is 35.4 Å². The Hall–Kier alpha value is -1.52.